The maximum absolute atomic E-state index is 8.07. The van der Waals surface area contributed by atoms with Gasteiger partial charge in [-0.2, -0.15) is 0 Å². The molecule has 3 nitrogen and oxygen atoms in total. The zero-order valence-corrected chi connectivity index (χ0v) is 5.09. The van der Waals surface area contributed by atoms with Gasteiger partial charge in [0.15, 0.2) is 0 Å². The first-order valence-electron chi connectivity index (χ1n) is 2.39. The molecule has 0 radical (unpaired) electrons. The molecule has 0 fully saturated rings. The first-order chi connectivity index (χ1) is 3.91. The Kier molecular flexibility index (Phi) is 21.1. The van der Waals surface area contributed by atoms with Crippen molar-refractivity contribution in [3.05, 3.63) is 0 Å². The first kappa shape index (κ1) is 10.5. The van der Waals surface area contributed by atoms with Crippen molar-refractivity contribution in [2.45, 2.75) is 6.92 Å². The fraction of sp³-hybridized carbons (Fsp3) is 0.800. The summed E-state index contributed by atoms with van der Waals surface area (Å²) < 4.78 is 4.73. The van der Waals surface area contributed by atoms with Crippen LogP contribution in [0.3, 0.4) is 0 Å². The van der Waals surface area contributed by atoms with Crippen LogP contribution in [0.1, 0.15) is 6.92 Å². The predicted molar refractivity (Wildman–Crippen MR) is 30.7 cm³/mol. The average molecular weight is 120 g/mol. The van der Waals surface area contributed by atoms with Crippen LogP contribution >= 0.6 is 0 Å². The molecule has 0 heterocycles. The van der Waals surface area contributed by atoms with E-state index in [1.807, 2.05) is 13.7 Å². The standard InChI is InChI=1S/C4H10O2.CH2O/c1-2-6-4-3-5;1-2/h5H,2-4H2,1H3;1H2. The van der Waals surface area contributed by atoms with Crippen LogP contribution in [0.5, 0.6) is 0 Å². The van der Waals surface area contributed by atoms with Gasteiger partial charge in [0.25, 0.3) is 0 Å². The van der Waals surface area contributed by atoms with E-state index in [4.69, 9.17) is 14.6 Å². The van der Waals surface area contributed by atoms with Gasteiger partial charge in [0.1, 0.15) is 6.79 Å². The van der Waals surface area contributed by atoms with Gasteiger partial charge in [0.05, 0.1) is 13.2 Å². The second-order valence-electron chi connectivity index (χ2n) is 0.921. The molecule has 0 aliphatic carbocycles. The van der Waals surface area contributed by atoms with Crippen LogP contribution in [0.25, 0.3) is 0 Å². The summed E-state index contributed by atoms with van der Waals surface area (Å²) in [5.74, 6) is 0. The van der Waals surface area contributed by atoms with Crippen LogP contribution in [0.15, 0.2) is 0 Å². The molecule has 0 aromatic rings. The van der Waals surface area contributed by atoms with E-state index >= 15 is 0 Å². The topological polar surface area (TPSA) is 46.5 Å². The number of aliphatic hydroxyl groups excluding tert-OH is 1. The highest BCUT2D eigenvalue weighted by Gasteiger charge is 1.73. The van der Waals surface area contributed by atoms with Crippen LogP contribution in [0.4, 0.5) is 0 Å². The lowest BCUT2D eigenvalue weighted by molar-refractivity contribution is -0.0979. The molecule has 0 atom stereocenters. The Bertz CT molecular complexity index is 26.9. The lowest BCUT2D eigenvalue weighted by Crippen LogP contribution is -1.96. The molecule has 0 aliphatic rings. The number of hydrogen-bond donors (Lipinski definition) is 1. The van der Waals surface area contributed by atoms with E-state index in [2.05, 4.69) is 0 Å². The average Bonchev–Trinajstić information content (AvgIpc) is 1.88. The van der Waals surface area contributed by atoms with Crippen molar-refractivity contribution in [3.63, 3.8) is 0 Å². The Morgan fingerprint density at radius 3 is 2.25 bits per heavy atom. The SMILES string of the molecule is C=O.CCOCCO. The molecule has 0 rings (SSSR count). The number of rotatable bonds is 3. The predicted octanol–water partition coefficient (Wildman–Crippen LogP) is -0.170. The van der Waals surface area contributed by atoms with Gasteiger partial charge >= 0.3 is 0 Å². The van der Waals surface area contributed by atoms with Gasteiger partial charge in [-0.05, 0) is 6.92 Å². The molecule has 1 N–H and O–H groups in total. The molecule has 0 saturated carbocycles. The first-order valence-corrected chi connectivity index (χ1v) is 2.39. The molecule has 0 spiro atoms. The lowest BCUT2D eigenvalue weighted by atomic mass is 10.8. The smallest absolute Gasteiger partial charge is 0.106 e. The van der Waals surface area contributed by atoms with E-state index in [-0.39, 0.29) is 6.61 Å². The number of hydrogen-bond acceptors (Lipinski definition) is 3. The highest BCUT2D eigenvalue weighted by molar-refractivity contribution is 5.10. The van der Waals surface area contributed by atoms with E-state index < -0.39 is 0 Å². The molecule has 0 amide bonds. The van der Waals surface area contributed by atoms with Gasteiger partial charge < -0.3 is 14.6 Å². The lowest BCUT2D eigenvalue weighted by Gasteiger charge is -1.91. The monoisotopic (exact) mass is 120 g/mol. The molecular weight excluding hydrogens is 108 g/mol. The fourth-order valence-electron chi connectivity index (χ4n) is 0.209. The Morgan fingerprint density at radius 1 is 1.62 bits per heavy atom. The van der Waals surface area contributed by atoms with Crippen LogP contribution in [-0.4, -0.2) is 31.7 Å². The highest BCUT2D eigenvalue weighted by atomic mass is 16.5. The summed E-state index contributed by atoms with van der Waals surface area (Å²) in [6.07, 6.45) is 0. The van der Waals surface area contributed by atoms with Gasteiger partial charge in [-0.3, -0.25) is 0 Å². The van der Waals surface area contributed by atoms with E-state index in [1.54, 1.807) is 0 Å². The zero-order chi connectivity index (χ0) is 6.83. The second-order valence-corrected chi connectivity index (χ2v) is 0.921. The quantitative estimate of drug-likeness (QED) is 0.526. The van der Waals surface area contributed by atoms with E-state index in [0.29, 0.717) is 13.2 Å². The third-order valence-electron chi connectivity index (χ3n) is 0.440. The van der Waals surface area contributed by atoms with Crippen molar-refractivity contribution in [3.8, 4) is 0 Å². The minimum atomic E-state index is 0.133. The van der Waals surface area contributed by atoms with Gasteiger partial charge in [0, 0.05) is 6.61 Å². The minimum Gasteiger partial charge on any atom is -0.394 e. The van der Waals surface area contributed by atoms with Gasteiger partial charge in [0.2, 0.25) is 0 Å². The number of carbonyl (C=O) groups is 1. The molecule has 50 valence electrons. The Hall–Kier alpha value is -0.410. The summed E-state index contributed by atoms with van der Waals surface area (Å²) >= 11 is 0. The Labute approximate surface area is 49.3 Å². The summed E-state index contributed by atoms with van der Waals surface area (Å²) in [5.41, 5.74) is 0. The second kappa shape index (κ2) is 16.0. The van der Waals surface area contributed by atoms with Crippen LogP contribution in [-0.2, 0) is 9.53 Å². The van der Waals surface area contributed by atoms with Crippen LogP contribution in [0.2, 0.25) is 0 Å². The normalized spacial score (nSPS) is 7.25. The Morgan fingerprint density at radius 2 is 2.12 bits per heavy atom. The van der Waals surface area contributed by atoms with Crippen LogP contribution in [0, 0.1) is 0 Å². The van der Waals surface area contributed by atoms with Gasteiger partial charge in [-0.1, -0.05) is 0 Å². The Balaban J connectivity index is 0. The molecule has 0 aromatic heterocycles. The minimum absolute atomic E-state index is 0.133. The van der Waals surface area contributed by atoms with Crippen molar-refractivity contribution < 1.29 is 14.6 Å². The van der Waals surface area contributed by atoms with Crippen molar-refractivity contribution in [2.75, 3.05) is 19.8 Å². The number of aliphatic hydroxyl groups is 1. The maximum atomic E-state index is 8.07. The van der Waals surface area contributed by atoms with Gasteiger partial charge in [-0.15, -0.1) is 0 Å². The van der Waals surface area contributed by atoms with Gasteiger partial charge in [-0.25, -0.2) is 0 Å². The van der Waals surface area contributed by atoms with Crippen molar-refractivity contribution in [1.29, 1.82) is 0 Å². The number of ether oxygens (including phenoxy) is 1. The molecule has 3 heteroatoms. The van der Waals surface area contributed by atoms with E-state index in [9.17, 15) is 0 Å². The summed E-state index contributed by atoms with van der Waals surface area (Å²) in [4.78, 5) is 8.00. The summed E-state index contributed by atoms with van der Waals surface area (Å²) in [7, 11) is 0. The zero-order valence-electron chi connectivity index (χ0n) is 5.09. The molecule has 0 aromatic carbocycles. The largest absolute Gasteiger partial charge is 0.394 e. The fourth-order valence-corrected chi connectivity index (χ4v) is 0.209. The number of carbonyl (C=O) groups excluding carboxylic acids is 1. The van der Waals surface area contributed by atoms with Crippen molar-refractivity contribution in [2.24, 2.45) is 0 Å². The summed E-state index contributed by atoms with van der Waals surface area (Å²) in [6.45, 7) is 5.20. The molecule has 8 heavy (non-hydrogen) atoms. The highest BCUT2D eigenvalue weighted by Crippen LogP contribution is 1.66. The third-order valence-corrected chi connectivity index (χ3v) is 0.440. The third kappa shape index (κ3) is 17.6. The molecule has 0 saturated heterocycles. The molecule has 0 unspecified atom stereocenters. The maximum Gasteiger partial charge on any atom is 0.106 e. The van der Waals surface area contributed by atoms with E-state index in [0.717, 1.165) is 0 Å². The molecule has 0 bridgehead atoms. The van der Waals surface area contributed by atoms with Crippen LogP contribution < -0.4 is 0 Å². The van der Waals surface area contributed by atoms with Crippen molar-refractivity contribution in [1.82, 2.24) is 0 Å². The van der Waals surface area contributed by atoms with Crippen molar-refractivity contribution >= 4 is 6.79 Å². The summed E-state index contributed by atoms with van der Waals surface area (Å²) in [5, 5.41) is 8.07. The van der Waals surface area contributed by atoms with E-state index in [1.165, 1.54) is 0 Å². The molecular formula is C5H12O3. The summed E-state index contributed by atoms with van der Waals surface area (Å²) in [6, 6.07) is 0. The molecule has 0 aliphatic heterocycles.